The first kappa shape index (κ1) is 25.3. The van der Waals surface area contributed by atoms with Crippen molar-refractivity contribution in [3.63, 3.8) is 0 Å². The number of rotatable bonds is 8. The topological polar surface area (TPSA) is 74.2 Å². The van der Waals surface area contributed by atoms with Crippen molar-refractivity contribution in [1.29, 1.82) is 0 Å². The molecule has 0 spiro atoms. The average molecular weight is 533 g/mol. The number of hydrogen-bond acceptors (Lipinski definition) is 7. The van der Waals surface area contributed by atoms with E-state index in [2.05, 4.69) is 32.0 Å². The minimum absolute atomic E-state index is 0.00213. The van der Waals surface area contributed by atoms with Crippen molar-refractivity contribution in [2.24, 2.45) is 0 Å². The largest absolute Gasteiger partial charge is 0.352 e. The first-order valence-electron chi connectivity index (χ1n) is 12.4. The molecule has 1 unspecified atom stereocenters. The monoisotopic (exact) mass is 532 g/mol. The van der Waals surface area contributed by atoms with Gasteiger partial charge >= 0.3 is 0 Å². The van der Waals surface area contributed by atoms with Crippen molar-refractivity contribution in [3.8, 4) is 21.8 Å². The van der Waals surface area contributed by atoms with E-state index < -0.39 is 0 Å². The highest BCUT2D eigenvalue weighted by Gasteiger charge is 2.22. The molecule has 0 bridgehead atoms. The van der Waals surface area contributed by atoms with E-state index in [1.807, 2.05) is 60.7 Å². The molecular formula is C28H29ClN6OS. The van der Waals surface area contributed by atoms with Crippen LogP contribution in [0.2, 0.25) is 5.02 Å². The van der Waals surface area contributed by atoms with E-state index in [0.717, 1.165) is 65.4 Å². The summed E-state index contributed by atoms with van der Waals surface area (Å²) >= 11 is 7.67. The van der Waals surface area contributed by atoms with Crippen LogP contribution in [0.25, 0.3) is 21.8 Å². The van der Waals surface area contributed by atoms with Crippen LogP contribution in [0, 0.1) is 0 Å². The third kappa shape index (κ3) is 6.52. The van der Waals surface area contributed by atoms with Gasteiger partial charge in [-0.15, -0.1) is 11.3 Å². The Morgan fingerprint density at radius 2 is 1.68 bits per heavy atom. The molecule has 0 aliphatic carbocycles. The molecule has 3 heterocycles. The molecule has 0 saturated carbocycles. The molecule has 9 heteroatoms. The summed E-state index contributed by atoms with van der Waals surface area (Å²) in [6.07, 6.45) is 3.83. The second kappa shape index (κ2) is 11.8. The second-order valence-corrected chi connectivity index (χ2v) is 10.7. The molecule has 1 aliphatic rings. The molecule has 1 atom stereocenters. The number of aromatic nitrogens is 3. The first-order chi connectivity index (χ1) is 18.0. The number of carbonyl (C=O) groups excluding carboxylic acids is 1. The number of halogens is 1. The lowest BCUT2D eigenvalue weighted by atomic mass is 10.1. The summed E-state index contributed by atoms with van der Waals surface area (Å²) in [5.41, 5.74) is 2.84. The summed E-state index contributed by atoms with van der Waals surface area (Å²) in [7, 11) is 0. The summed E-state index contributed by atoms with van der Waals surface area (Å²) in [6.45, 7) is 6.43. The molecule has 2 aromatic carbocycles. The van der Waals surface area contributed by atoms with Crippen LogP contribution in [0.15, 0.2) is 73.1 Å². The van der Waals surface area contributed by atoms with E-state index in [0.29, 0.717) is 5.02 Å². The maximum Gasteiger partial charge on any atom is 0.225 e. The summed E-state index contributed by atoms with van der Waals surface area (Å²) in [4.78, 5) is 32.2. The fourth-order valence-electron chi connectivity index (χ4n) is 4.50. The fourth-order valence-corrected chi connectivity index (χ4v) is 5.71. The van der Waals surface area contributed by atoms with E-state index in [1.165, 1.54) is 0 Å². The van der Waals surface area contributed by atoms with Crippen LogP contribution in [0.1, 0.15) is 11.8 Å². The van der Waals surface area contributed by atoms with Crippen LogP contribution >= 0.6 is 22.9 Å². The van der Waals surface area contributed by atoms with E-state index in [1.54, 1.807) is 23.7 Å². The highest BCUT2D eigenvalue weighted by molar-refractivity contribution is 7.15. The molecule has 4 aromatic rings. The minimum atomic E-state index is 0.00213. The van der Waals surface area contributed by atoms with Gasteiger partial charge in [0, 0.05) is 72.2 Å². The standard InChI is InChI=1S/C28H29ClN6OS/c1-20(19-34-14-16-35(17-15-34)28-30-12-5-13-31-28)32-25(36)18-24-26(21-8-10-23(29)11-9-21)33-27(37-24)22-6-3-2-4-7-22/h2-13,20H,14-19H2,1H3,(H,32,36). The molecule has 1 amide bonds. The molecule has 0 radical (unpaired) electrons. The fraction of sp³-hybridized carbons (Fsp3) is 0.286. The Morgan fingerprint density at radius 3 is 2.38 bits per heavy atom. The first-order valence-corrected chi connectivity index (χ1v) is 13.6. The van der Waals surface area contributed by atoms with Crippen LogP contribution in [0.5, 0.6) is 0 Å². The number of piperazine rings is 1. The van der Waals surface area contributed by atoms with Crippen molar-refractivity contribution in [3.05, 3.63) is 83.0 Å². The van der Waals surface area contributed by atoms with Gasteiger partial charge in [-0.05, 0) is 25.1 Å². The molecule has 1 aliphatic heterocycles. The number of amides is 1. The third-order valence-electron chi connectivity index (χ3n) is 6.30. The summed E-state index contributed by atoms with van der Waals surface area (Å²) in [6, 6.07) is 19.6. The number of anilines is 1. The molecule has 2 aromatic heterocycles. The number of benzene rings is 2. The Hall–Kier alpha value is -3.33. The van der Waals surface area contributed by atoms with Crippen LogP contribution in [0.3, 0.4) is 0 Å². The highest BCUT2D eigenvalue weighted by atomic mass is 35.5. The van der Waals surface area contributed by atoms with Gasteiger partial charge in [-0.25, -0.2) is 15.0 Å². The van der Waals surface area contributed by atoms with Crippen molar-refractivity contribution in [2.75, 3.05) is 37.6 Å². The van der Waals surface area contributed by atoms with Gasteiger partial charge < -0.3 is 10.2 Å². The Bertz CT molecular complexity index is 1310. The molecule has 190 valence electrons. The van der Waals surface area contributed by atoms with E-state index in [4.69, 9.17) is 16.6 Å². The second-order valence-electron chi connectivity index (χ2n) is 9.15. The van der Waals surface area contributed by atoms with Gasteiger partial charge in [0.25, 0.3) is 0 Å². The molecule has 37 heavy (non-hydrogen) atoms. The predicted molar refractivity (Wildman–Crippen MR) is 150 cm³/mol. The zero-order chi connectivity index (χ0) is 25.6. The number of hydrogen-bond donors (Lipinski definition) is 1. The highest BCUT2D eigenvalue weighted by Crippen LogP contribution is 2.34. The van der Waals surface area contributed by atoms with Gasteiger partial charge in [-0.2, -0.15) is 0 Å². The number of thiazole rings is 1. The van der Waals surface area contributed by atoms with Crippen molar-refractivity contribution in [1.82, 2.24) is 25.2 Å². The van der Waals surface area contributed by atoms with Gasteiger partial charge in [0.05, 0.1) is 12.1 Å². The molecule has 1 fully saturated rings. The average Bonchev–Trinajstić information content (AvgIpc) is 3.34. The molecule has 5 rings (SSSR count). The lowest BCUT2D eigenvalue weighted by molar-refractivity contribution is -0.121. The predicted octanol–water partition coefficient (Wildman–Crippen LogP) is 4.79. The number of nitrogens with one attached hydrogen (secondary N) is 1. The normalized spacial score (nSPS) is 14.9. The third-order valence-corrected chi connectivity index (χ3v) is 7.66. The lowest BCUT2D eigenvalue weighted by Crippen LogP contribution is -2.51. The van der Waals surface area contributed by atoms with Crippen LogP contribution < -0.4 is 10.2 Å². The lowest BCUT2D eigenvalue weighted by Gasteiger charge is -2.35. The molecule has 7 nitrogen and oxygen atoms in total. The van der Waals surface area contributed by atoms with Gasteiger partial charge in [-0.3, -0.25) is 9.69 Å². The Kier molecular flexibility index (Phi) is 8.08. The Labute approximate surface area is 226 Å². The molecule has 1 N–H and O–H groups in total. The van der Waals surface area contributed by atoms with Gasteiger partial charge in [0.2, 0.25) is 11.9 Å². The number of carbonyl (C=O) groups is 1. The minimum Gasteiger partial charge on any atom is -0.352 e. The van der Waals surface area contributed by atoms with Crippen molar-refractivity contribution in [2.45, 2.75) is 19.4 Å². The van der Waals surface area contributed by atoms with Gasteiger partial charge in [0.1, 0.15) is 5.01 Å². The van der Waals surface area contributed by atoms with Crippen LogP contribution in [-0.4, -0.2) is 64.5 Å². The molecule has 1 saturated heterocycles. The van der Waals surface area contributed by atoms with E-state index in [-0.39, 0.29) is 18.4 Å². The summed E-state index contributed by atoms with van der Waals surface area (Å²) in [5, 5.41) is 4.77. The summed E-state index contributed by atoms with van der Waals surface area (Å²) in [5.74, 6) is 0.779. The maximum absolute atomic E-state index is 13.1. The van der Waals surface area contributed by atoms with E-state index >= 15 is 0 Å². The Balaban J connectivity index is 1.21. The van der Waals surface area contributed by atoms with Crippen LogP contribution in [0.4, 0.5) is 5.95 Å². The summed E-state index contributed by atoms with van der Waals surface area (Å²) < 4.78 is 0. The zero-order valence-electron chi connectivity index (χ0n) is 20.7. The SMILES string of the molecule is CC(CN1CCN(c2ncccn2)CC1)NC(=O)Cc1sc(-c2ccccc2)nc1-c1ccc(Cl)cc1. The quantitative estimate of drug-likeness (QED) is 0.352. The molecular weight excluding hydrogens is 504 g/mol. The number of nitrogens with zero attached hydrogens (tertiary/aromatic N) is 5. The van der Waals surface area contributed by atoms with E-state index in [9.17, 15) is 4.79 Å². The van der Waals surface area contributed by atoms with Gasteiger partial charge in [0.15, 0.2) is 0 Å². The Morgan fingerprint density at radius 1 is 0.973 bits per heavy atom. The smallest absolute Gasteiger partial charge is 0.225 e. The van der Waals surface area contributed by atoms with Gasteiger partial charge in [-0.1, -0.05) is 54.1 Å². The van der Waals surface area contributed by atoms with Crippen LogP contribution in [-0.2, 0) is 11.2 Å². The zero-order valence-corrected chi connectivity index (χ0v) is 22.3. The maximum atomic E-state index is 13.1. The van der Waals surface area contributed by atoms with Crippen molar-refractivity contribution >= 4 is 34.8 Å². The van der Waals surface area contributed by atoms with Crippen molar-refractivity contribution < 1.29 is 4.79 Å².